The quantitative estimate of drug-likeness (QED) is 0.719. The van der Waals surface area contributed by atoms with Crippen LogP contribution >= 0.6 is 0 Å². The van der Waals surface area contributed by atoms with Gasteiger partial charge in [-0.25, -0.2) is 0 Å². The van der Waals surface area contributed by atoms with Gasteiger partial charge in [-0.1, -0.05) is 18.2 Å². The second kappa shape index (κ2) is 7.41. The number of ether oxygens (including phenoxy) is 2. The average Bonchev–Trinajstić information content (AvgIpc) is 2.46. The number of fused-ring (bicyclic) bond motifs is 1. The smallest absolute Gasteiger partial charge is 0.227 e. The zero-order chi connectivity index (χ0) is 14.4. The van der Waals surface area contributed by atoms with Crippen molar-refractivity contribution < 1.29 is 14.3 Å². The number of para-hydroxylation sites is 1. The Balaban J connectivity index is 2.02. The minimum absolute atomic E-state index is 0.190. The van der Waals surface area contributed by atoms with E-state index in [1.807, 2.05) is 36.9 Å². The first-order chi connectivity index (χ1) is 9.76. The van der Waals surface area contributed by atoms with Gasteiger partial charge in [0.15, 0.2) is 6.29 Å². The fourth-order valence-corrected chi connectivity index (χ4v) is 2.56. The summed E-state index contributed by atoms with van der Waals surface area (Å²) < 4.78 is 11.1. The summed E-state index contributed by atoms with van der Waals surface area (Å²) in [5, 5.41) is 0. The van der Waals surface area contributed by atoms with E-state index in [9.17, 15) is 4.79 Å². The minimum Gasteiger partial charge on any atom is -0.353 e. The molecule has 0 spiro atoms. The lowest BCUT2D eigenvalue weighted by molar-refractivity contribution is -0.138. The molecule has 110 valence electrons. The first-order valence-electron chi connectivity index (χ1n) is 7.37. The van der Waals surface area contributed by atoms with Gasteiger partial charge in [-0.05, 0) is 31.9 Å². The van der Waals surface area contributed by atoms with Gasteiger partial charge >= 0.3 is 0 Å². The van der Waals surface area contributed by atoms with Gasteiger partial charge < -0.3 is 14.4 Å². The highest BCUT2D eigenvalue weighted by Crippen LogP contribution is 2.27. The van der Waals surface area contributed by atoms with Crippen LogP contribution < -0.4 is 4.90 Å². The van der Waals surface area contributed by atoms with Crippen LogP contribution in [0.2, 0.25) is 0 Å². The summed E-state index contributed by atoms with van der Waals surface area (Å²) >= 11 is 0. The predicted molar refractivity (Wildman–Crippen MR) is 78.8 cm³/mol. The highest BCUT2D eigenvalue weighted by Gasteiger charge is 2.24. The third-order valence-electron chi connectivity index (χ3n) is 3.49. The Morgan fingerprint density at radius 1 is 1.15 bits per heavy atom. The topological polar surface area (TPSA) is 38.8 Å². The summed E-state index contributed by atoms with van der Waals surface area (Å²) in [4.78, 5) is 14.0. The SMILES string of the molecule is CCOC(CCN1C(=O)CCc2ccccc21)OCC. The molecule has 20 heavy (non-hydrogen) atoms. The van der Waals surface area contributed by atoms with E-state index in [2.05, 4.69) is 6.07 Å². The van der Waals surface area contributed by atoms with Crippen molar-refractivity contribution in [2.24, 2.45) is 0 Å². The number of carbonyl (C=O) groups excluding carboxylic acids is 1. The maximum absolute atomic E-state index is 12.1. The number of anilines is 1. The molecule has 1 aliphatic rings. The van der Waals surface area contributed by atoms with Gasteiger partial charge in [0, 0.05) is 38.3 Å². The van der Waals surface area contributed by atoms with Gasteiger partial charge in [-0.15, -0.1) is 0 Å². The van der Waals surface area contributed by atoms with E-state index in [0.717, 1.165) is 12.1 Å². The third-order valence-corrected chi connectivity index (χ3v) is 3.49. The molecule has 0 atom stereocenters. The Morgan fingerprint density at radius 3 is 2.55 bits per heavy atom. The zero-order valence-corrected chi connectivity index (χ0v) is 12.3. The molecule has 0 unspecified atom stereocenters. The lowest BCUT2D eigenvalue weighted by atomic mass is 10.0. The summed E-state index contributed by atoms with van der Waals surface area (Å²) in [6.45, 7) is 5.78. The van der Waals surface area contributed by atoms with Crippen LogP contribution in [-0.4, -0.2) is 32.0 Å². The maximum Gasteiger partial charge on any atom is 0.227 e. The number of carbonyl (C=O) groups is 1. The standard InChI is InChI=1S/C16H23NO3/c1-3-19-16(20-4-2)11-12-17-14-8-6-5-7-13(14)9-10-15(17)18/h5-8,16H,3-4,9-12H2,1-2H3. The van der Waals surface area contributed by atoms with Gasteiger partial charge in [0.1, 0.15) is 0 Å². The molecule has 0 bridgehead atoms. The largest absolute Gasteiger partial charge is 0.353 e. The zero-order valence-electron chi connectivity index (χ0n) is 12.3. The van der Waals surface area contributed by atoms with Crippen LogP contribution in [0.25, 0.3) is 0 Å². The summed E-state index contributed by atoms with van der Waals surface area (Å²) in [5.41, 5.74) is 2.28. The first-order valence-corrected chi connectivity index (χ1v) is 7.37. The summed E-state index contributed by atoms with van der Waals surface area (Å²) in [6, 6.07) is 8.11. The lowest BCUT2D eigenvalue weighted by Gasteiger charge is -2.30. The Hall–Kier alpha value is -1.39. The molecule has 0 aliphatic carbocycles. The molecule has 1 amide bonds. The second-order valence-electron chi connectivity index (χ2n) is 4.80. The van der Waals surface area contributed by atoms with Crippen LogP contribution in [-0.2, 0) is 20.7 Å². The Morgan fingerprint density at radius 2 is 1.85 bits per heavy atom. The average molecular weight is 277 g/mol. The van der Waals surface area contributed by atoms with Crippen LogP contribution in [0.1, 0.15) is 32.3 Å². The van der Waals surface area contributed by atoms with Crippen molar-refractivity contribution in [1.82, 2.24) is 0 Å². The second-order valence-corrected chi connectivity index (χ2v) is 4.80. The Labute approximate surface area is 120 Å². The fourth-order valence-electron chi connectivity index (χ4n) is 2.56. The number of hydrogen-bond acceptors (Lipinski definition) is 3. The molecule has 1 aromatic rings. The third kappa shape index (κ3) is 3.58. The van der Waals surface area contributed by atoms with E-state index in [4.69, 9.17) is 9.47 Å². The Bertz CT molecular complexity index is 441. The monoisotopic (exact) mass is 277 g/mol. The molecule has 0 saturated carbocycles. The number of aryl methyl sites for hydroxylation is 1. The van der Waals surface area contributed by atoms with Crippen LogP contribution in [0.3, 0.4) is 0 Å². The maximum atomic E-state index is 12.1. The molecule has 4 heteroatoms. The van der Waals surface area contributed by atoms with E-state index in [1.54, 1.807) is 0 Å². The molecule has 4 nitrogen and oxygen atoms in total. The molecule has 0 N–H and O–H groups in total. The molecule has 0 aromatic heterocycles. The molecule has 2 rings (SSSR count). The summed E-state index contributed by atoms with van der Waals surface area (Å²) in [7, 11) is 0. The normalized spacial score (nSPS) is 14.8. The fraction of sp³-hybridized carbons (Fsp3) is 0.562. The van der Waals surface area contributed by atoms with Gasteiger partial charge in [0.2, 0.25) is 5.91 Å². The van der Waals surface area contributed by atoms with E-state index >= 15 is 0 Å². The van der Waals surface area contributed by atoms with E-state index in [1.165, 1.54) is 5.56 Å². The number of amides is 1. The number of hydrogen-bond donors (Lipinski definition) is 0. The highest BCUT2D eigenvalue weighted by molar-refractivity contribution is 5.96. The molecule has 0 fully saturated rings. The van der Waals surface area contributed by atoms with E-state index < -0.39 is 0 Å². The van der Waals surface area contributed by atoms with Gasteiger partial charge in [-0.2, -0.15) is 0 Å². The van der Waals surface area contributed by atoms with Crippen molar-refractivity contribution in [2.75, 3.05) is 24.7 Å². The minimum atomic E-state index is -0.230. The van der Waals surface area contributed by atoms with E-state index in [-0.39, 0.29) is 12.2 Å². The van der Waals surface area contributed by atoms with Crippen LogP contribution in [0.15, 0.2) is 24.3 Å². The van der Waals surface area contributed by atoms with Crippen LogP contribution in [0.5, 0.6) is 0 Å². The summed E-state index contributed by atoms with van der Waals surface area (Å²) in [5.74, 6) is 0.190. The van der Waals surface area contributed by atoms with Gasteiger partial charge in [0.05, 0.1) is 0 Å². The van der Waals surface area contributed by atoms with Gasteiger partial charge in [-0.3, -0.25) is 4.79 Å². The van der Waals surface area contributed by atoms with Crippen molar-refractivity contribution in [3.05, 3.63) is 29.8 Å². The van der Waals surface area contributed by atoms with Crippen molar-refractivity contribution in [2.45, 2.75) is 39.4 Å². The van der Waals surface area contributed by atoms with E-state index in [0.29, 0.717) is 32.6 Å². The lowest BCUT2D eigenvalue weighted by Crippen LogP contribution is -2.37. The van der Waals surface area contributed by atoms with Gasteiger partial charge in [0.25, 0.3) is 0 Å². The molecular weight excluding hydrogens is 254 g/mol. The van der Waals surface area contributed by atoms with Crippen molar-refractivity contribution in [3.8, 4) is 0 Å². The number of rotatable bonds is 7. The Kier molecular flexibility index (Phi) is 5.56. The molecule has 1 heterocycles. The first kappa shape index (κ1) is 15.0. The van der Waals surface area contributed by atoms with Crippen molar-refractivity contribution in [1.29, 1.82) is 0 Å². The van der Waals surface area contributed by atoms with Crippen molar-refractivity contribution >= 4 is 11.6 Å². The highest BCUT2D eigenvalue weighted by atomic mass is 16.7. The van der Waals surface area contributed by atoms with Crippen LogP contribution in [0.4, 0.5) is 5.69 Å². The predicted octanol–water partition coefficient (Wildman–Crippen LogP) is 2.76. The molecule has 0 radical (unpaired) electrons. The molecular formula is C16H23NO3. The molecule has 1 aromatic carbocycles. The van der Waals surface area contributed by atoms with Crippen LogP contribution in [0, 0.1) is 0 Å². The molecule has 1 aliphatic heterocycles. The number of nitrogens with zero attached hydrogens (tertiary/aromatic N) is 1. The number of benzene rings is 1. The summed E-state index contributed by atoms with van der Waals surface area (Å²) in [6.07, 6.45) is 1.89. The van der Waals surface area contributed by atoms with Crippen molar-refractivity contribution in [3.63, 3.8) is 0 Å². The molecule has 0 saturated heterocycles.